The molecule has 0 saturated carbocycles. The first-order valence-corrected chi connectivity index (χ1v) is 8.48. The summed E-state index contributed by atoms with van der Waals surface area (Å²) in [4.78, 5) is 0. The maximum Gasteiger partial charge on any atom is 0.264 e. The molecule has 1 atom stereocenters. The van der Waals surface area contributed by atoms with Crippen molar-refractivity contribution in [1.29, 1.82) is 0 Å². The van der Waals surface area contributed by atoms with Crippen LogP contribution in [0.1, 0.15) is 12.8 Å². The third-order valence-electron chi connectivity index (χ3n) is 2.56. The molecule has 0 amide bonds. The Morgan fingerprint density at radius 3 is 2.85 bits per heavy atom. The summed E-state index contributed by atoms with van der Waals surface area (Å²) in [5.41, 5.74) is 0. The van der Waals surface area contributed by atoms with Crippen LogP contribution in [-0.2, 0) is 14.9 Å². The molecule has 1 radical (unpaired) electrons. The fourth-order valence-corrected chi connectivity index (χ4v) is 2.89. The van der Waals surface area contributed by atoms with Gasteiger partial charge in [0.05, 0.1) is 12.4 Å². The van der Waals surface area contributed by atoms with Gasteiger partial charge in [-0.3, -0.25) is 4.55 Å². The van der Waals surface area contributed by atoms with Crippen LogP contribution in [0, 0.1) is 0 Å². The van der Waals surface area contributed by atoms with Crippen molar-refractivity contribution in [3.05, 3.63) is 10.8 Å². The second kappa shape index (κ2) is 9.06. The maximum atomic E-state index is 10.5. The molecule has 20 heavy (non-hydrogen) atoms. The van der Waals surface area contributed by atoms with Crippen LogP contribution in [0.3, 0.4) is 0 Å². The van der Waals surface area contributed by atoms with E-state index in [9.17, 15) is 8.42 Å². The largest absolute Gasteiger partial charge is 0.485 e. The SMILES string of the molecule is O=S(=O)(O)CCCCOCC1COc2cscc2O1.[K]. The first-order valence-electron chi connectivity index (χ1n) is 5.93. The van der Waals surface area contributed by atoms with Crippen LogP contribution < -0.4 is 9.47 Å². The van der Waals surface area contributed by atoms with Gasteiger partial charge >= 0.3 is 0 Å². The molecule has 1 unspecified atom stereocenters. The van der Waals surface area contributed by atoms with E-state index >= 15 is 0 Å². The predicted octanol–water partition coefficient (Wildman–Crippen LogP) is 1.19. The topological polar surface area (TPSA) is 82.1 Å². The summed E-state index contributed by atoms with van der Waals surface area (Å²) in [6.45, 7) is 1.29. The summed E-state index contributed by atoms with van der Waals surface area (Å²) >= 11 is 1.52. The van der Waals surface area contributed by atoms with Crippen molar-refractivity contribution >= 4 is 72.8 Å². The maximum absolute atomic E-state index is 10.5. The van der Waals surface area contributed by atoms with Gasteiger partial charge in [-0.05, 0) is 12.8 Å². The Kier molecular flexibility index (Phi) is 8.54. The molecule has 6 nitrogen and oxygen atoms in total. The van der Waals surface area contributed by atoms with E-state index in [4.69, 9.17) is 18.8 Å². The molecule has 1 aromatic heterocycles. The first kappa shape index (κ1) is 18.9. The van der Waals surface area contributed by atoms with Crippen molar-refractivity contribution in [1.82, 2.24) is 0 Å². The zero-order valence-electron chi connectivity index (χ0n) is 11.3. The van der Waals surface area contributed by atoms with Crippen molar-refractivity contribution in [2.24, 2.45) is 0 Å². The molecule has 0 spiro atoms. The number of rotatable bonds is 7. The molecule has 1 aliphatic heterocycles. The zero-order valence-corrected chi connectivity index (χ0v) is 16.0. The number of fused-ring (bicyclic) bond motifs is 1. The molecule has 1 aliphatic rings. The van der Waals surface area contributed by atoms with Crippen molar-refractivity contribution in [2.45, 2.75) is 18.9 Å². The fourth-order valence-electron chi connectivity index (χ4n) is 1.65. The Morgan fingerprint density at radius 2 is 2.10 bits per heavy atom. The molecule has 0 fully saturated rings. The normalized spacial score (nSPS) is 17.6. The Hall–Kier alpha value is 0.806. The van der Waals surface area contributed by atoms with Gasteiger partial charge in [0.25, 0.3) is 10.1 Å². The molecule has 2 rings (SSSR count). The van der Waals surface area contributed by atoms with Gasteiger partial charge in [-0.15, -0.1) is 11.3 Å². The van der Waals surface area contributed by atoms with Crippen molar-refractivity contribution < 1.29 is 27.2 Å². The first-order chi connectivity index (χ1) is 9.04. The molecular weight excluding hydrogens is 331 g/mol. The average Bonchev–Trinajstić information content (AvgIpc) is 2.79. The van der Waals surface area contributed by atoms with Gasteiger partial charge in [-0.1, -0.05) is 0 Å². The van der Waals surface area contributed by atoms with Gasteiger partial charge in [0.15, 0.2) is 17.6 Å². The molecule has 0 bridgehead atoms. The van der Waals surface area contributed by atoms with Crippen LogP contribution in [0.25, 0.3) is 0 Å². The fraction of sp³-hybridized carbons (Fsp3) is 0.636. The van der Waals surface area contributed by atoms with E-state index in [2.05, 4.69) is 0 Å². The van der Waals surface area contributed by atoms with E-state index in [0.29, 0.717) is 32.7 Å². The summed E-state index contributed by atoms with van der Waals surface area (Å²) in [7, 11) is -3.86. The predicted molar refractivity (Wildman–Crippen MR) is 76.5 cm³/mol. The quantitative estimate of drug-likeness (QED) is 0.453. The molecule has 0 saturated heterocycles. The zero-order chi connectivity index (χ0) is 13.7. The molecule has 0 aliphatic carbocycles. The second-order valence-electron chi connectivity index (χ2n) is 4.22. The van der Waals surface area contributed by atoms with Gasteiger partial charge in [0.1, 0.15) is 6.61 Å². The third kappa shape index (κ3) is 6.71. The molecule has 109 valence electrons. The number of ether oxygens (including phenoxy) is 3. The number of hydrogen-bond donors (Lipinski definition) is 1. The molecule has 1 aromatic rings. The summed E-state index contributed by atoms with van der Waals surface area (Å²) in [6, 6.07) is 0. The molecule has 0 aromatic carbocycles. The average molecular weight is 347 g/mol. The summed E-state index contributed by atoms with van der Waals surface area (Å²) in [6.07, 6.45) is 0.829. The Bertz CT molecular complexity index is 501. The van der Waals surface area contributed by atoms with Crippen LogP contribution in [-0.4, -0.2) is 96.0 Å². The van der Waals surface area contributed by atoms with Gasteiger partial charge in [0, 0.05) is 68.8 Å². The summed E-state index contributed by atoms with van der Waals surface area (Å²) in [5.74, 6) is 1.29. The van der Waals surface area contributed by atoms with E-state index < -0.39 is 10.1 Å². The number of thiophene rings is 1. The van der Waals surface area contributed by atoms with Crippen LogP contribution in [0.5, 0.6) is 11.5 Å². The molecule has 9 heteroatoms. The Labute approximate surface area is 165 Å². The minimum Gasteiger partial charge on any atom is -0.485 e. The van der Waals surface area contributed by atoms with Gasteiger partial charge in [-0.25, -0.2) is 0 Å². The van der Waals surface area contributed by atoms with Gasteiger partial charge < -0.3 is 14.2 Å². The Balaban J connectivity index is 0.00000200. The van der Waals surface area contributed by atoms with Crippen molar-refractivity contribution in [3.63, 3.8) is 0 Å². The molecule has 1 N–H and O–H groups in total. The monoisotopic (exact) mass is 347 g/mol. The van der Waals surface area contributed by atoms with E-state index in [1.165, 1.54) is 11.3 Å². The van der Waals surface area contributed by atoms with Gasteiger partial charge in [-0.2, -0.15) is 8.42 Å². The summed E-state index contributed by atoms with van der Waals surface area (Å²) < 4.78 is 46.1. The van der Waals surface area contributed by atoms with E-state index in [1.54, 1.807) is 0 Å². The summed E-state index contributed by atoms with van der Waals surface area (Å²) in [5, 5.41) is 3.77. The molecule has 2 heterocycles. The van der Waals surface area contributed by atoms with E-state index in [0.717, 1.165) is 11.5 Å². The Morgan fingerprint density at radius 1 is 1.35 bits per heavy atom. The van der Waals surface area contributed by atoms with Crippen LogP contribution in [0.15, 0.2) is 10.8 Å². The van der Waals surface area contributed by atoms with Crippen LogP contribution >= 0.6 is 11.3 Å². The second-order valence-corrected chi connectivity index (χ2v) is 6.53. The minimum absolute atomic E-state index is 0. The van der Waals surface area contributed by atoms with Crippen LogP contribution in [0.2, 0.25) is 0 Å². The number of unbranched alkanes of at least 4 members (excludes halogenated alkanes) is 1. The van der Waals surface area contributed by atoms with E-state index in [-0.39, 0.29) is 63.2 Å². The van der Waals surface area contributed by atoms with Crippen LogP contribution in [0.4, 0.5) is 0 Å². The van der Waals surface area contributed by atoms with Crippen molar-refractivity contribution in [3.8, 4) is 11.5 Å². The van der Waals surface area contributed by atoms with Gasteiger partial charge in [0.2, 0.25) is 0 Å². The molecular formula is C11H16KO6S2. The van der Waals surface area contributed by atoms with E-state index in [1.807, 2.05) is 10.8 Å². The smallest absolute Gasteiger partial charge is 0.264 e. The standard InChI is InChI=1S/C11H16O6S2.K/c12-19(13,14)4-2-1-3-15-5-9-6-16-10-7-18-8-11(10)17-9;/h7-9H,1-6H2,(H,12,13,14);. The minimum atomic E-state index is -3.86. The number of hydrogen-bond acceptors (Lipinski definition) is 6. The van der Waals surface area contributed by atoms with Crippen molar-refractivity contribution in [2.75, 3.05) is 25.6 Å². The third-order valence-corrected chi connectivity index (χ3v) is 4.06.